The van der Waals surface area contributed by atoms with Crippen LogP contribution in [-0.2, 0) is 11.0 Å². The molecule has 0 unspecified atom stereocenters. The van der Waals surface area contributed by atoms with Crippen LogP contribution in [-0.4, -0.2) is 42.3 Å². The molecule has 5 N–H and O–H groups in total. The number of H-pyrrole nitrogens is 1. The molecule has 1 aromatic heterocycles. The molecule has 1 atom stereocenters. The molecule has 0 aliphatic rings. The van der Waals surface area contributed by atoms with E-state index in [4.69, 9.17) is 14.9 Å². The zero-order valence-corrected chi connectivity index (χ0v) is 15.6. The van der Waals surface area contributed by atoms with Gasteiger partial charge in [-0.3, -0.25) is 15.0 Å². The maximum Gasteiger partial charge on any atom is 0.375 e. The summed E-state index contributed by atoms with van der Waals surface area (Å²) < 4.78 is 11.2. The Balaban J connectivity index is 1.80. The van der Waals surface area contributed by atoms with Crippen LogP contribution in [0.2, 0.25) is 0 Å². The maximum atomic E-state index is 11.2. The van der Waals surface area contributed by atoms with E-state index in [-0.39, 0.29) is 5.82 Å². The van der Waals surface area contributed by atoms with E-state index in [1.54, 1.807) is 0 Å². The van der Waals surface area contributed by atoms with Crippen LogP contribution in [0.15, 0.2) is 54.6 Å². The van der Waals surface area contributed by atoms with Crippen molar-refractivity contribution in [2.75, 3.05) is 6.29 Å². The lowest BCUT2D eigenvalue weighted by molar-refractivity contribution is 0.0684. The Morgan fingerprint density at radius 2 is 1.71 bits per heavy atom. The van der Waals surface area contributed by atoms with Crippen molar-refractivity contribution in [3.05, 3.63) is 71.8 Å². The molecule has 0 saturated carbocycles. The molecule has 146 valence electrons. The molecule has 1 heterocycles. The third-order valence-corrected chi connectivity index (χ3v) is 4.66. The summed E-state index contributed by atoms with van der Waals surface area (Å²) in [5, 5.41) is 17.8. The number of aromatic carboxylic acids is 1. The Morgan fingerprint density at radius 3 is 2.29 bits per heavy atom. The first-order valence-corrected chi connectivity index (χ1v) is 10.2. The van der Waals surface area contributed by atoms with Gasteiger partial charge in [-0.15, -0.1) is 5.10 Å². The molecule has 3 rings (SSSR count). The van der Waals surface area contributed by atoms with Gasteiger partial charge in [-0.25, -0.2) is 9.78 Å². The molecular formula is C18H19N4O5P. The van der Waals surface area contributed by atoms with E-state index in [1.807, 2.05) is 54.6 Å². The summed E-state index contributed by atoms with van der Waals surface area (Å²) in [6.45, 7) is 0. The molecule has 3 aromatic rings. The smallest absolute Gasteiger partial charge is 0.375 e. The second-order valence-electron chi connectivity index (χ2n) is 6.20. The maximum absolute atomic E-state index is 11.2. The lowest BCUT2D eigenvalue weighted by Gasteiger charge is -2.17. The standard InChI is InChI=1S/C18H19N4O5P/c23-18(24)17-20-16(21-22-17)15(19-11-28(25,26)27)10-12-6-8-14(9-7-12)13-4-2-1-3-5-13/h1-9,15,19H,10-11H2,(H,23,24)(H,20,21,22)(H2,25,26,27)/t15-/m0/s1. The average molecular weight is 402 g/mol. The number of nitrogens with one attached hydrogen (secondary N) is 2. The van der Waals surface area contributed by atoms with Crippen LogP contribution in [0.1, 0.15) is 28.0 Å². The molecule has 0 fully saturated rings. The molecule has 0 radical (unpaired) electrons. The summed E-state index contributed by atoms with van der Waals surface area (Å²) in [7, 11) is -4.29. The lowest BCUT2D eigenvalue weighted by Crippen LogP contribution is -2.25. The van der Waals surface area contributed by atoms with Crippen LogP contribution < -0.4 is 5.32 Å². The van der Waals surface area contributed by atoms with Crippen LogP contribution >= 0.6 is 7.60 Å². The van der Waals surface area contributed by atoms with Crippen molar-refractivity contribution in [1.82, 2.24) is 20.5 Å². The molecule has 0 aliphatic carbocycles. The molecule has 0 saturated heterocycles. The number of aromatic amines is 1. The Labute approximate surface area is 160 Å². The first kappa shape index (κ1) is 19.9. The van der Waals surface area contributed by atoms with Gasteiger partial charge in [-0.2, -0.15) is 0 Å². The summed E-state index contributed by atoms with van der Waals surface area (Å²) >= 11 is 0. The van der Waals surface area contributed by atoms with Gasteiger partial charge >= 0.3 is 13.6 Å². The minimum absolute atomic E-state index is 0.193. The Kier molecular flexibility index (Phi) is 6.01. The van der Waals surface area contributed by atoms with E-state index in [9.17, 15) is 9.36 Å². The summed E-state index contributed by atoms with van der Waals surface area (Å²) in [4.78, 5) is 33.2. The highest BCUT2D eigenvalue weighted by Crippen LogP contribution is 2.33. The molecule has 0 bridgehead atoms. The predicted octanol–water partition coefficient (Wildman–Crippen LogP) is 2.18. The molecule has 2 aromatic carbocycles. The Hall–Kier alpha value is -2.84. The number of hydrogen-bond donors (Lipinski definition) is 5. The first-order valence-electron chi connectivity index (χ1n) is 8.40. The van der Waals surface area contributed by atoms with Crippen molar-refractivity contribution in [3.8, 4) is 11.1 Å². The number of carboxylic acids is 1. The third-order valence-electron chi connectivity index (χ3n) is 4.07. The van der Waals surface area contributed by atoms with Crippen LogP contribution in [0, 0.1) is 0 Å². The number of aromatic nitrogens is 3. The number of benzene rings is 2. The molecule has 9 nitrogen and oxygen atoms in total. The van der Waals surface area contributed by atoms with Gasteiger partial charge in [0.1, 0.15) is 5.82 Å². The summed E-state index contributed by atoms with van der Waals surface area (Å²) in [5.41, 5.74) is 3.00. The van der Waals surface area contributed by atoms with Crippen molar-refractivity contribution in [1.29, 1.82) is 0 Å². The van der Waals surface area contributed by atoms with E-state index in [2.05, 4.69) is 20.5 Å². The van der Waals surface area contributed by atoms with Crippen molar-refractivity contribution < 1.29 is 24.3 Å². The van der Waals surface area contributed by atoms with Gasteiger partial charge in [0.15, 0.2) is 0 Å². The highest BCUT2D eigenvalue weighted by atomic mass is 31.2. The number of rotatable bonds is 8. The zero-order valence-electron chi connectivity index (χ0n) is 14.7. The van der Waals surface area contributed by atoms with Crippen molar-refractivity contribution >= 4 is 13.6 Å². The number of carboxylic acid groups (broad SMARTS) is 1. The van der Waals surface area contributed by atoms with E-state index >= 15 is 0 Å². The second-order valence-corrected chi connectivity index (χ2v) is 7.84. The van der Waals surface area contributed by atoms with Crippen LogP contribution in [0.25, 0.3) is 11.1 Å². The fourth-order valence-corrected chi connectivity index (χ4v) is 3.18. The first-order chi connectivity index (χ1) is 13.3. The molecule has 28 heavy (non-hydrogen) atoms. The van der Waals surface area contributed by atoms with Gasteiger partial charge in [0.25, 0.3) is 5.82 Å². The van der Waals surface area contributed by atoms with Gasteiger partial charge in [0.05, 0.1) is 12.3 Å². The molecular weight excluding hydrogens is 383 g/mol. The average Bonchev–Trinajstić information content (AvgIpc) is 3.16. The van der Waals surface area contributed by atoms with E-state index in [1.165, 1.54) is 0 Å². The van der Waals surface area contributed by atoms with Gasteiger partial charge < -0.3 is 14.9 Å². The quantitative estimate of drug-likeness (QED) is 0.360. The fraction of sp³-hybridized carbons (Fsp3) is 0.167. The summed E-state index contributed by atoms with van der Waals surface area (Å²) in [5.74, 6) is -1.50. The monoisotopic (exact) mass is 402 g/mol. The highest BCUT2D eigenvalue weighted by molar-refractivity contribution is 7.51. The van der Waals surface area contributed by atoms with Gasteiger partial charge in [0, 0.05) is 0 Å². The second kappa shape index (κ2) is 8.45. The normalized spacial score (nSPS) is 12.6. The number of carbonyl (C=O) groups is 1. The topological polar surface area (TPSA) is 148 Å². The van der Waals surface area contributed by atoms with Gasteiger partial charge in [0.2, 0.25) is 0 Å². The van der Waals surface area contributed by atoms with Crippen LogP contribution in [0.4, 0.5) is 0 Å². The van der Waals surface area contributed by atoms with Crippen LogP contribution in [0.5, 0.6) is 0 Å². The minimum Gasteiger partial charge on any atom is -0.475 e. The van der Waals surface area contributed by atoms with E-state index < -0.39 is 31.7 Å². The SMILES string of the molecule is O=C(O)c1n[nH]c([C@H](Cc2ccc(-c3ccccc3)cc2)NCP(=O)(O)O)n1. The lowest BCUT2D eigenvalue weighted by atomic mass is 10.0. The molecule has 0 amide bonds. The largest absolute Gasteiger partial charge is 0.475 e. The van der Waals surface area contributed by atoms with Gasteiger partial charge in [-0.1, -0.05) is 54.6 Å². The van der Waals surface area contributed by atoms with E-state index in [0.717, 1.165) is 16.7 Å². The van der Waals surface area contributed by atoms with Gasteiger partial charge in [-0.05, 0) is 23.1 Å². The van der Waals surface area contributed by atoms with Crippen LogP contribution in [0.3, 0.4) is 0 Å². The summed E-state index contributed by atoms with van der Waals surface area (Å²) in [6.07, 6.45) is -0.230. The number of hydrogen-bond acceptors (Lipinski definition) is 5. The Bertz CT molecular complexity index is 985. The number of nitrogens with zero attached hydrogens (tertiary/aromatic N) is 2. The minimum atomic E-state index is -4.29. The molecule has 0 aliphatic heterocycles. The molecule has 10 heteroatoms. The zero-order chi connectivity index (χ0) is 20.1. The highest BCUT2D eigenvalue weighted by Gasteiger charge is 2.22. The Morgan fingerprint density at radius 1 is 1.07 bits per heavy atom. The molecule has 0 spiro atoms. The van der Waals surface area contributed by atoms with Crippen molar-refractivity contribution in [3.63, 3.8) is 0 Å². The van der Waals surface area contributed by atoms with Crippen molar-refractivity contribution in [2.45, 2.75) is 12.5 Å². The summed E-state index contributed by atoms with van der Waals surface area (Å²) in [6, 6.07) is 16.9. The van der Waals surface area contributed by atoms with Crippen molar-refractivity contribution in [2.24, 2.45) is 0 Å². The third kappa shape index (κ3) is 5.34. The fourth-order valence-electron chi connectivity index (χ4n) is 2.72. The van der Waals surface area contributed by atoms with E-state index in [0.29, 0.717) is 6.42 Å². The predicted molar refractivity (Wildman–Crippen MR) is 102 cm³/mol.